The molecule has 2 saturated carbocycles. The molecule has 1 aliphatic heterocycles. The topological polar surface area (TPSA) is 79.5 Å². The Labute approximate surface area is 221 Å². The van der Waals surface area contributed by atoms with E-state index in [1.54, 1.807) is 18.3 Å². The van der Waals surface area contributed by atoms with E-state index in [1.165, 1.54) is 12.1 Å². The number of aromatic carboxylic acids is 1. The maximum absolute atomic E-state index is 13.7. The smallest absolute Gasteiger partial charge is 0.417 e. The molecule has 1 N–H and O–H groups in total. The first-order valence-corrected chi connectivity index (χ1v) is 13.0. The number of aromatic nitrogens is 2. The third kappa shape index (κ3) is 4.26. The molecular weight excluding hydrogens is 507 g/mol. The lowest BCUT2D eigenvalue weighted by Crippen LogP contribution is -2.23. The van der Waals surface area contributed by atoms with Crippen molar-refractivity contribution in [3.05, 3.63) is 83.4 Å². The summed E-state index contributed by atoms with van der Waals surface area (Å²) >= 11 is 0. The number of rotatable bonds is 6. The number of pyridine rings is 1. The third-order valence-corrected chi connectivity index (χ3v) is 8.23. The van der Waals surface area contributed by atoms with Crippen LogP contribution in [0.2, 0.25) is 0 Å². The molecular formula is C30H24F3N3O3. The minimum absolute atomic E-state index is 0.0232. The third-order valence-electron chi connectivity index (χ3n) is 8.23. The molecule has 0 amide bonds. The molecule has 2 aliphatic carbocycles. The first-order valence-electron chi connectivity index (χ1n) is 13.0. The Hall–Kier alpha value is -4.14. The fraction of sp³-hybridized carbons (Fsp3) is 0.300. The van der Waals surface area contributed by atoms with Crippen LogP contribution in [0.15, 0.2) is 65.3 Å². The van der Waals surface area contributed by atoms with Gasteiger partial charge in [-0.05, 0) is 60.2 Å². The van der Waals surface area contributed by atoms with E-state index in [2.05, 4.69) is 21.1 Å². The van der Waals surface area contributed by atoms with Crippen LogP contribution in [0, 0.1) is 17.8 Å². The van der Waals surface area contributed by atoms with Crippen LogP contribution in [0.5, 0.6) is 0 Å². The molecule has 9 heteroatoms. The van der Waals surface area contributed by atoms with Gasteiger partial charge in [0.05, 0.1) is 5.56 Å². The number of piperidine rings is 1. The number of nitrogens with zero attached hydrogens (tertiary/aromatic N) is 3. The molecule has 198 valence electrons. The molecule has 39 heavy (non-hydrogen) atoms. The Morgan fingerprint density at radius 3 is 2.54 bits per heavy atom. The Kier molecular flexibility index (Phi) is 5.33. The summed E-state index contributed by atoms with van der Waals surface area (Å²) < 4.78 is 46.8. The Morgan fingerprint density at radius 2 is 1.82 bits per heavy atom. The Balaban J connectivity index is 1.10. The molecule has 4 aromatic rings. The Morgan fingerprint density at radius 1 is 1.05 bits per heavy atom. The number of carbonyl (C=O) groups is 1. The summed E-state index contributed by atoms with van der Waals surface area (Å²) in [6.07, 6.45) is 3.09. The summed E-state index contributed by atoms with van der Waals surface area (Å²) in [6, 6.07) is 13.1. The summed E-state index contributed by atoms with van der Waals surface area (Å²) in [4.78, 5) is 17.5. The van der Waals surface area contributed by atoms with Gasteiger partial charge in [0.25, 0.3) is 0 Å². The van der Waals surface area contributed by atoms with Gasteiger partial charge in [-0.3, -0.25) is 0 Å². The molecule has 1 saturated heterocycles. The van der Waals surface area contributed by atoms with E-state index in [-0.39, 0.29) is 22.9 Å². The monoisotopic (exact) mass is 531 g/mol. The highest BCUT2D eigenvalue weighted by Crippen LogP contribution is 2.54. The van der Waals surface area contributed by atoms with E-state index >= 15 is 0 Å². The molecule has 0 bridgehead atoms. The zero-order chi connectivity index (χ0) is 26.9. The number of benzene rings is 2. The summed E-state index contributed by atoms with van der Waals surface area (Å²) in [5, 5.41) is 15.0. The van der Waals surface area contributed by atoms with Gasteiger partial charge in [0.1, 0.15) is 17.1 Å². The van der Waals surface area contributed by atoms with Crippen LogP contribution in [-0.2, 0) is 6.18 Å². The van der Waals surface area contributed by atoms with Crippen molar-refractivity contribution < 1.29 is 27.6 Å². The predicted octanol–water partition coefficient (Wildman–Crippen LogP) is 6.88. The molecule has 3 aliphatic rings. The average molecular weight is 532 g/mol. The fourth-order valence-corrected chi connectivity index (χ4v) is 5.96. The van der Waals surface area contributed by atoms with Gasteiger partial charge in [-0.15, -0.1) is 0 Å². The number of carboxylic acid groups (broad SMARTS) is 1. The maximum Gasteiger partial charge on any atom is 0.417 e. The van der Waals surface area contributed by atoms with Crippen molar-refractivity contribution in [3.8, 4) is 11.3 Å². The van der Waals surface area contributed by atoms with Gasteiger partial charge < -0.3 is 14.5 Å². The number of hydrogen-bond donors (Lipinski definition) is 1. The zero-order valence-electron chi connectivity index (χ0n) is 20.7. The second kappa shape index (κ2) is 8.69. The number of anilines is 1. The molecule has 7 rings (SSSR count). The molecule has 2 aromatic carbocycles. The lowest BCUT2D eigenvalue weighted by atomic mass is 9.98. The van der Waals surface area contributed by atoms with Gasteiger partial charge in [-0.2, -0.15) is 13.2 Å². The molecule has 2 atom stereocenters. The van der Waals surface area contributed by atoms with E-state index in [0.29, 0.717) is 29.1 Å². The highest BCUT2D eigenvalue weighted by Gasteiger charge is 2.54. The second-order valence-corrected chi connectivity index (χ2v) is 10.7. The molecule has 3 fully saturated rings. The zero-order valence-corrected chi connectivity index (χ0v) is 20.7. The van der Waals surface area contributed by atoms with Crippen LogP contribution in [0.25, 0.3) is 28.1 Å². The number of fused-ring (bicyclic) bond motifs is 2. The van der Waals surface area contributed by atoms with Crippen molar-refractivity contribution in [2.24, 2.45) is 17.8 Å². The van der Waals surface area contributed by atoms with Crippen LogP contribution in [0.3, 0.4) is 0 Å². The summed E-state index contributed by atoms with van der Waals surface area (Å²) in [7, 11) is 0. The van der Waals surface area contributed by atoms with Crippen LogP contribution < -0.4 is 4.90 Å². The van der Waals surface area contributed by atoms with Crippen LogP contribution in [0.1, 0.15) is 46.1 Å². The SMILES string of the molecule is O=C(O)c1cc2ccc(N3CC4C(/C=C/c5c(-c6ccccc6C(F)(F)F)noc5C5CC5)C4C3)cc2cn1. The largest absolute Gasteiger partial charge is 0.477 e. The fourth-order valence-electron chi connectivity index (χ4n) is 5.96. The number of allylic oxidation sites excluding steroid dienone is 1. The highest BCUT2D eigenvalue weighted by atomic mass is 19.4. The Bertz CT molecular complexity index is 1630. The van der Waals surface area contributed by atoms with Crippen molar-refractivity contribution in [2.45, 2.75) is 24.9 Å². The van der Waals surface area contributed by atoms with Crippen LogP contribution >= 0.6 is 0 Å². The number of hydrogen-bond acceptors (Lipinski definition) is 5. The van der Waals surface area contributed by atoms with Crippen molar-refractivity contribution in [1.82, 2.24) is 10.1 Å². The standard InChI is InChI=1S/C30H24F3N3O3/c31-30(32,33)25-4-2-1-3-21(25)27-22(28(39-35-27)16-5-6-16)10-9-20-23-14-36(15-24(20)23)19-8-7-17-12-26(29(37)38)34-13-18(17)11-19/h1-4,7-13,16,20,23-24H,5-6,14-15H2,(H,37,38)/b10-9+. The van der Waals surface area contributed by atoms with Crippen LogP contribution in [0.4, 0.5) is 18.9 Å². The van der Waals surface area contributed by atoms with Gasteiger partial charge in [-0.1, -0.05) is 41.6 Å². The molecule has 0 radical (unpaired) electrons. The molecule has 2 aromatic heterocycles. The second-order valence-electron chi connectivity index (χ2n) is 10.7. The quantitative estimate of drug-likeness (QED) is 0.292. The number of carboxylic acids is 1. The lowest BCUT2D eigenvalue weighted by Gasteiger charge is -2.22. The lowest BCUT2D eigenvalue weighted by molar-refractivity contribution is -0.137. The van der Waals surface area contributed by atoms with Gasteiger partial charge in [0.15, 0.2) is 0 Å². The van der Waals surface area contributed by atoms with E-state index in [9.17, 15) is 18.0 Å². The van der Waals surface area contributed by atoms with Crippen molar-refractivity contribution in [3.63, 3.8) is 0 Å². The summed E-state index contributed by atoms with van der Waals surface area (Å²) in [5.74, 6) is 1.15. The minimum atomic E-state index is -4.48. The number of alkyl halides is 3. The van der Waals surface area contributed by atoms with Crippen molar-refractivity contribution in [2.75, 3.05) is 18.0 Å². The highest BCUT2D eigenvalue weighted by molar-refractivity contribution is 5.93. The van der Waals surface area contributed by atoms with Gasteiger partial charge in [0, 0.05) is 47.4 Å². The van der Waals surface area contributed by atoms with Crippen molar-refractivity contribution in [1.29, 1.82) is 0 Å². The molecule has 6 nitrogen and oxygen atoms in total. The maximum atomic E-state index is 13.7. The molecule has 2 unspecified atom stereocenters. The molecule has 3 heterocycles. The van der Waals surface area contributed by atoms with E-state index in [0.717, 1.165) is 48.5 Å². The van der Waals surface area contributed by atoms with Gasteiger partial charge >= 0.3 is 12.1 Å². The van der Waals surface area contributed by atoms with E-state index in [1.807, 2.05) is 24.3 Å². The first-order chi connectivity index (χ1) is 18.8. The van der Waals surface area contributed by atoms with Crippen LogP contribution in [-0.4, -0.2) is 34.3 Å². The number of halogens is 3. The van der Waals surface area contributed by atoms with E-state index in [4.69, 9.17) is 9.63 Å². The normalized spacial score (nSPS) is 22.5. The summed E-state index contributed by atoms with van der Waals surface area (Å²) in [5.41, 5.74) is 1.35. The average Bonchev–Trinajstić information content (AvgIpc) is 3.78. The summed E-state index contributed by atoms with van der Waals surface area (Å²) in [6.45, 7) is 1.77. The van der Waals surface area contributed by atoms with Gasteiger partial charge in [0.2, 0.25) is 0 Å². The molecule has 0 spiro atoms. The predicted molar refractivity (Wildman–Crippen MR) is 139 cm³/mol. The van der Waals surface area contributed by atoms with Crippen molar-refractivity contribution >= 4 is 28.5 Å². The first kappa shape index (κ1) is 23.9. The minimum Gasteiger partial charge on any atom is -0.477 e. The van der Waals surface area contributed by atoms with Gasteiger partial charge in [-0.25, -0.2) is 9.78 Å². The van der Waals surface area contributed by atoms with E-state index < -0.39 is 17.7 Å².